The molecular weight excluding hydrogens is 495 g/mol. The van der Waals surface area contributed by atoms with Crippen molar-refractivity contribution < 1.29 is 14.6 Å². The number of guanidine groups is 1. The van der Waals surface area contributed by atoms with Crippen LogP contribution in [0.3, 0.4) is 0 Å². The molecule has 1 saturated heterocycles. The molecule has 0 amide bonds. The zero-order valence-corrected chi connectivity index (χ0v) is 19.5. The summed E-state index contributed by atoms with van der Waals surface area (Å²) in [5.41, 5.74) is 0.889. The molecule has 0 radical (unpaired) electrons. The molecule has 8 heteroatoms. The number of hydrogen-bond acceptors (Lipinski definition) is 5. The van der Waals surface area contributed by atoms with Crippen LogP contribution < -0.4 is 19.7 Å². The van der Waals surface area contributed by atoms with Crippen molar-refractivity contribution in [2.45, 2.75) is 13.0 Å². The Morgan fingerprint density at radius 1 is 1.07 bits per heavy atom. The SMILES string of the molecule is CCNC(=NCC1COc2ccccc2O1)N1CCN(c2ccccc2O)CC1.I. The van der Waals surface area contributed by atoms with Gasteiger partial charge in [0.1, 0.15) is 12.4 Å². The number of rotatable bonds is 4. The number of fused-ring (bicyclic) bond motifs is 1. The number of hydrogen-bond donors (Lipinski definition) is 2. The van der Waals surface area contributed by atoms with Crippen LogP contribution >= 0.6 is 24.0 Å². The predicted octanol–water partition coefficient (Wildman–Crippen LogP) is 2.94. The quantitative estimate of drug-likeness (QED) is 0.365. The van der Waals surface area contributed by atoms with Crippen LogP contribution in [0.15, 0.2) is 53.5 Å². The number of para-hydroxylation sites is 4. The Morgan fingerprint density at radius 2 is 1.77 bits per heavy atom. The summed E-state index contributed by atoms with van der Waals surface area (Å²) in [6.07, 6.45) is -0.0962. The second-order valence-electron chi connectivity index (χ2n) is 7.16. The zero-order valence-electron chi connectivity index (χ0n) is 17.2. The molecule has 7 nitrogen and oxygen atoms in total. The van der Waals surface area contributed by atoms with Gasteiger partial charge < -0.3 is 29.7 Å². The fourth-order valence-corrected chi connectivity index (χ4v) is 3.66. The van der Waals surface area contributed by atoms with Crippen LogP contribution in [0.4, 0.5) is 5.69 Å². The normalized spacial score (nSPS) is 18.6. The Balaban J connectivity index is 0.00000256. The Labute approximate surface area is 194 Å². The Bertz CT molecular complexity index is 856. The van der Waals surface area contributed by atoms with Gasteiger partial charge in [-0.05, 0) is 31.2 Å². The van der Waals surface area contributed by atoms with Crippen LogP contribution in [0, 0.1) is 0 Å². The number of aliphatic imine (C=N–C) groups is 1. The number of benzene rings is 2. The first kappa shape index (κ1) is 22.3. The zero-order chi connectivity index (χ0) is 20.1. The highest BCUT2D eigenvalue weighted by atomic mass is 127. The van der Waals surface area contributed by atoms with Crippen LogP contribution in [-0.2, 0) is 0 Å². The van der Waals surface area contributed by atoms with Gasteiger partial charge in [-0.1, -0.05) is 24.3 Å². The van der Waals surface area contributed by atoms with Crippen molar-refractivity contribution in [2.24, 2.45) is 4.99 Å². The van der Waals surface area contributed by atoms with Gasteiger partial charge in [0, 0.05) is 32.7 Å². The van der Waals surface area contributed by atoms with E-state index in [4.69, 9.17) is 14.5 Å². The number of nitrogens with zero attached hydrogens (tertiary/aromatic N) is 3. The van der Waals surface area contributed by atoms with E-state index in [1.165, 1.54) is 0 Å². The first-order valence-corrected chi connectivity index (χ1v) is 10.2. The van der Waals surface area contributed by atoms with Crippen molar-refractivity contribution in [1.82, 2.24) is 10.2 Å². The summed E-state index contributed by atoms with van der Waals surface area (Å²) < 4.78 is 11.8. The van der Waals surface area contributed by atoms with Crippen molar-refractivity contribution in [1.29, 1.82) is 0 Å². The monoisotopic (exact) mass is 524 g/mol. The van der Waals surface area contributed by atoms with Crippen LogP contribution in [0.5, 0.6) is 17.2 Å². The summed E-state index contributed by atoms with van der Waals surface area (Å²) in [7, 11) is 0. The summed E-state index contributed by atoms with van der Waals surface area (Å²) in [5.74, 6) is 2.79. The van der Waals surface area contributed by atoms with Crippen molar-refractivity contribution >= 4 is 35.6 Å². The molecule has 0 bridgehead atoms. The van der Waals surface area contributed by atoms with Gasteiger partial charge in [-0.3, -0.25) is 0 Å². The van der Waals surface area contributed by atoms with Crippen molar-refractivity contribution in [3.05, 3.63) is 48.5 Å². The molecule has 2 heterocycles. The lowest BCUT2D eigenvalue weighted by Crippen LogP contribution is -2.53. The summed E-state index contributed by atoms with van der Waals surface area (Å²) in [6.45, 7) is 7.26. The first-order valence-electron chi connectivity index (χ1n) is 10.2. The second-order valence-corrected chi connectivity index (χ2v) is 7.16. The molecule has 162 valence electrons. The van der Waals surface area contributed by atoms with Crippen molar-refractivity contribution in [3.8, 4) is 17.2 Å². The number of ether oxygens (including phenoxy) is 2. The molecule has 2 aliphatic rings. The van der Waals surface area contributed by atoms with Gasteiger partial charge in [0.15, 0.2) is 23.6 Å². The maximum Gasteiger partial charge on any atom is 0.194 e. The summed E-state index contributed by atoms with van der Waals surface area (Å²) in [6, 6.07) is 15.2. The molecule has 0 aromatic heterocycles. The molecule has 1 atom stereocenters. The van der Waals surface area contributed by atoms with E-state index in [9.17, 15) is 5.11 Å². The van der Waals surface area contributed by atoms with Gasteiger partial charge in [0.2, 0.25) is 0 Å². The topological polar surface area (TPSA) is 69.6 Å². The highest BCUT2D eigenvalue weighted by molar-refractivity contribution is 14.0. The van der Waals surface area contributed by atoms with Gasteiger partial charge in [-0.25, -0.2) is 4.99 Å². The minimum absolute atomic E-state index is 0. The van der Waals surface area contributed by atoms with Gasteiger partial charge in [-0.2, -0.15) is 0 Å². The van der Waals surface area contributed by atoms with Gasteiger partial charge >= 0.3 is 0 Å². The van der Waals surface area contributed by atoms with E-state index in [2.05, 4.69) is 22.0 Å². The number of piperazine rings is 1. The molecular formula is C22H29IN4O3. The van der Waals surface area contributed by atoms with E-state index in [1.807, 2.05) is 42.5 Å². The molecule has 2 N–H and O–H groups in total. The lowest BCUT2D eigenvalue weighted by Gasteiger charge is -2.38. The van der Waals surface area contributed by atoms with E-state index in [0.717, 1.165) is 55.9 Å². The lowest BCUT2D eigenvalue weighted by atomic mass is 10.2. The third kappa shape index (κ3) is 5.21. The molecule has 30 heavy (non-hydrogen) atoms. The summed E-state index contributed by atoms with van der Waals surface area (Å²) >= 11 is 0. The van der Waals surface area contributed by atoms with E-state index >= 15 is 0 Å². The highest BCUT2D eigenvalue weighted by Gasteiger charge is 2.23. The minimum atomic E-state index is -0.0962. The number of aromatic hydroxyl groups is 1. The third-order valence-electron chi connectivity index (χ3n) is 5.15. The molecule has 4 rings (SSSR count). The molecule has 2 aliphatic heterocycles. The molecule has 2 aromatic rings. The fraction of sp³-hybridized carbons (Fsp3) is 0.409. The third-order valence-corrected chi connectivity index (χ3v) is 5.15. The molecule has 0 spiro atoms. The molecule has 2 aromatic carbocycles. The lowest BCUT2D eigenvalue weighted by molar-refractivity contribution is 0.0969. The largest absolute Gasteiger partial charge is 0.506 e. The van der Waals surface area contributed by atoms with E-state index < -0.39 is 0 Å². The van der Waals surface area contributed by atoms with Gasteiger partial charge in [0.25, 0.3) is 0 Å². The Kier molecular flexibility index (Phi) is 7.89. The minimum Gasteiger partial charge on any atom is -0.506 e. The number of anilines is 1. The van der Waals surface area contributed by atoms with Gasteiger partial charge in [-0.15, -0.1) is 24.0 Å². The van der Waals surface area contributed by atoms with Crippen molar-refractivity contribution in [3.63, 3.8) is 0 Å². The number of phenolic OH excluding ortho intramolecular Hbond substituents is 1. The fourth-order valence-electron chi connectivity index (χ4n) is 3.66. The molecule has 0 aliphatic carbocycles. The summed E-state index contributed by atoms with van der Waals surface area (Å²) in [4.78, 5) is 9.28. The standard InChI is InChI=1S/C22H28N4O3.HI/c1-2-23-22(24-15-17-16-28-20-9-5-6-10-21(20)29-17)26-13-11-25(12-14-26)18-7-3-4-8-19(18)27;/h3-10,17,27H,2,11-16H2,1H3,(H,23,24);1H. The van der Waals surface area contributed by atoms with Crippen LogP contribution in [0.1, 0.15) is 6.92 Å². The predicted molar refractivity (Wildman–Crippen MR) is 130 cm³/mol. The van der Waals surface area contributed by atoms with Gasteiger partial charge in [0.05, 0.1) is 12.2 Å². The number of halogens is 1. The molecule has 0 saturated carbocycles. The summed E-state index contributed by atoms with van der Waals surface area (Å²) in [5, 5.41) is 13.5. The van der Waals surface area contributed by atoms with E-state index in [0.29, 0.717) is 18.9 Å². The number of phenols is 1. The Morgan fingerprint density at radius 3 is 2.50 bits per heavy atom. The number of nitrogens with one attached hydrogen (secondary N) is 1. The van der Waals surface area contributed by atoms with Crippen LogP contribution in [0.25, 0.3) is 0 Å². The first-order chi connectivity index (χ1) is 14.2. The maximum absolute atomic E-state index is 10.1. The Hall–Kier alpha value is -2.36. The van der Waals surface area contributed by atoms with E-state index in [1.54, 1.807) is 6.07 Å². The smallest absolute Gasteiger partial charge is 0.194 e. The second kappa shape index (κ2) is 10.6. The highest BCUT2D eigenvalue weighted by Crippen LogP contribution is 2.31. The molecule has 1 unspecified atom stereocenters. The van der Waals surface area contributed by atoms with Crippen molar-refractivity contribution in [2.75, 3.05) is 50.8 Å². The maximum atomic E-state index is 10.1. The van der Waals surface area contributed by atoms with E-state index in [-0.39, 0.29) is 30.1 Å². The average Bonchev–Trinajstić information content (AvgIpc) is 2.77. The van der Waals surface area contributed by atoms with Crippen LogP contribution in [0.2, 0.25) is 0 Å². The average molecular weight is 524 g/mol. The van der Waals surface area contributed by atoms with Crippen LogP contribution in [-0.4, -0.2) is 67.9 Å². The molecule has 1 fully saturated rings.